The van der Waals surface area contributed by atoms with Crippen molar-refractivity contribution >= 4 is 11.5 Å². The van der Waals surface area contributed by atoms with Crippen molar-refractivity contribution in [2.24, 2.45) is 0 Å². The van der Waals surface area contributed by atoms with Gasteiger partial charge in [-0.25, -0.2) is 13.9 Å². The van der Waals surface area contributed by atoms with E-state index in [1.165, 1.54) is 0 Å². The first-order valence-corrected chi connectivity index (χ1v) is 11.0. The minimum atomic E-state index is -0.245. The lowest BCUT2D eigenvalue weighted by atomic mass is 10.0. The van der Waals surface area contributed by atoms with E-state index in [2.05, 4.69) is 39.9 Å². The second-order valence-electron chi connectivity index (χ2n) is 7.44. The molecule has 30 heavy (non-hydrogen) atoms. The largest absolute Gasteiger partial charge is 0.369 e. The Morgan fingerprint density at radius 1 is 0.967 bits per heavy atom. The maximum absolute atomic E-state index is 14.7. The average molecular weight is 413 g/mol. The first kappa shape index (κ1) is 22.2. The van der Waals surface area contributed by atoms with Crippen LogP contribution in [0.25, 0.3) is 16.8 Å². The van der Waals surface area contributed by atoms with E-state index in [1.54, 1.807) is 16.8 Å². The third kappa shape index (κ3) is 6.00. The van der Waals surface area contributed by atoms with E-state index >= 15 is 0 Å². The van der Waals surface area contributed by atoms with Crippen LogP contribution in [0.4, 0.5) is 10.2 Å². The van der Waals surface area contributed by atoms with Crippen molar-refractivity contribution in [3.63, 3.8) is 0 Å². The number of hydrogen-bond donors (Lipinski definition) is 3. The minimum absolute atomic E-state index is 0.245. The van der Waals surface area contributed by atoms with Crippen LogP contribution in [0, 0.1) is 5.82 Å². The van der Waals surface area contributed by atoms with Crippen LogP contribution in [-0.2, 0) is 6.42 Å². The average Bonchev–Trinajstić information content (AvgIpc) is 3.17. The predicted molar refractivity (Wildman–Crippen MR) is 122 cm³/mol. The van der Waals surface area contributed by atoms with Crippen LogP contribution in [0.3, 0.4) is 0 Å². The summed E-state index contributed by atoms with van der Waals surface area (Å²) < 4.78 is 16.4. The molecule has 0 aliphatic heterocycles. The van der Waals surface area contributed by atoms with E-state index in [1.807, 2.05) is 24.4 Å². The molecule has 0 fully saturated rings. The molecule has 0 spiro atoms. The number of halogens is 1. The molecule has 6 nitrogen and oxygen atoms in total. The van der Waals surface area contributed by atoms with Crippen LogP contribution in [-0.4, -0.2) is 47.3 Å². The molecule has 0 bridgehead atoms. The Kier molecular flexibility index (Phi) is 8.59. The molecule has 3 aromatic rings. The number of aromatic nitrogens is 3. The van der Waals surface area contributed by atoms with E-state index < -0.39 is 0 Å². The molecule has 0 aliphatic rings. The van der Waals surface area contributed by atoms with Crippen molar-refractivity contribution in [1.82, 2.24) is 25.2 Å². The van der Waals surface area contributed by atoms with Gasteiger partial charge in [0.05, 0.1) is 6.20 Å². The van der Waals surface area contributed by atoms with Gasteiger partial charge in [0, 0.05) is 30.4 Å². The third-order valence-electron chi connectivity index (χ3n) is 5.04. The summed E-state index contributed by atoms with van der Waals surface area (Å²) in [7, 11) is 0. The summed E-state index contributed by atoms with van der Waals surface area (Å²) in [5.41, 5.74) is 3.07. The molecule has 162 valence electrons. The highest BCUT2D eigenvalue weighted by Gasteiger charge is 2.14. The Balaban J connectivity index is 1.73. The fourth-order valence-electron chi connectivity index (χ4n) is 3.43. The van der Waals surface area contributed by atoms with E-state index in [0.717, 1.165) is 75.4 Å². The van der Waals surface area contributed by atoms with Crippen LogP contribution < -0.4 is 16.0 Å². The van der Waals surface area contributed by atoms with Gasteiger partial charge in [-0.3, -0.25) is 0 Å². The number of nitrogens with zero attached hydrogens (tertiary/aromatic N) is 3. The van der Waals surface area contributed by atoms with Gasteiger partial charge in [-0.1, -0.05) is 19.9 Å². The van der Waals surface area contributed by atoms with E-state index in [0.29, 0.717) is 11.2 Å². The topological polar surface area (TPSA) is 66.3 Å². The SMILES string of the molecule is CCCNCCNc1ccn2ncc(-c3cc(CCCCNCC)ccc3F)c2n1. The fourth-order valence-corrected chi connectivity index (χ4v) is 3.43. The lowest BCUT2D eigenvalue weighted by Crippen LogP contribution is -2.23. The third-order valence-corrected chi connectivity index (χ3v) is 5.04. The summed E-state index contributed by atoms with van der Waals surface area (Å²) in [6.07, 6.45) is 7.79. The second-order valence-corrected chi connectivity index (χ2v) is 7.44. The van der Waals surface area contributed by atoms with Crippen molar-refractivity contribution < 1.29 is 4.39 Å². The Bertz CT molecular complexity index is 923. The molecule has 1 aromatic carbocycles. The zero-order chi connectivity index (χ0) is 21.2. The highest BCUT2D eigenvalue weighted by atomic mass is 19.1. The van der Waals surface area contributed by atoms with Gasteiger partial charge < -0.3 is 16.0 Å². The summed E-state index contributed by atoms with van der Waals surface area (Å²) in [6.45, 7) is 8.93. The highest BCUT2D eigenvalue weighted by Crippen LogP contribution is 2.28. The number of benzene rings is 1. The summed E-state index contributed by atoms with van der Waals surface area (Å²) in [6, 6.07) is 7.26. The van der Waals surface area contributed by atoms with Gasteiger partial charge >= 0.3 is 0 Å². The standard InChI is InChI=1S/C23H33FN6/c1-3-11-26-13-14-27-22-10-15-30-23(29-22)20(17-28-30)19-16-18(8-9-21(19)24)7-5-6-12-25-4-2/h8-10,15-17,25-26H,3-7,11-14H2,1-2H3,(H,27,29). The van der Waals surface area contributed by atoms with Gasteiger partial charge in [0.1, 0.15) is 11.6 Å². The Morgan fingerprint density at radius 2 is 1.87 bits per heavy atom. The van der Waals surface area contributed by atoms with Crippen molar-refractivity contribution in [2.75, 3.05) is 38.0 Å². The predicted octanol–water partition coefficient (Wildman–Crippen LogP) is 3.88. The van der Waals surface area contributed by atoms with Gasteiger partial charge in [0.25, 0.3) is 0 Å². The molecular formula is C23H33FN6. The van der Waals surface area contributed by atoms with Crippen LogP contribution in [0.2, 0.25) is 0 Å². The molecule has 0 unspecified atom stereocenters. The second kappa shape index (κ2) is 11.6. The van der Waals surface area contributed by atoms with E-state index in [4.69, 9.17) is 0 Å². The Hall–Kier alpha value is -2.51. The number of anilines is 1. The summed E-state index contributed by atoms with van der Waals surface area (Å²) in [5.74, 6) is 0.521. The molecule has 0 saturated carbocycles. The van der Waals surface area contributed by atoms with Gasteiger partial charge in [-0.05, 0) is 69.1 Å². The number of rotatable bonds is 13. The summed E-state index contributed by atoms with van der Waals surface area (Å²) >= 11 is 0. The molecule has 0 atom stereocenters. The molecule has 0 amide bonds. The molecule has 2 aromatic heterocycles. The fraction of sp³-hybridized carbons (Fsp3) is 0.478. The summed E-state index contributed by atoms with van der Waals surface area (Å²) in [5, 5.41) is 14.4. The molecule has 7 heteroatoms. The first-order valence-electron chi connectivity index (χ1n) is 11.0. The quantitative estimate of drug-likeness (QED) is 0.372. The smallest absolute Gasteiger partial charge is 0.165 e. The molecule has 0 radical (unpaired) electrons. The molecule has 3 N–H and O–H groups in total. The number of unbranched alkanes of at least 4 members (excludes halogenated alkanes) is 1. The van der Waals surface area contributed by atoms with Gasteiger partial charge in [0.2, 0.25) is 0 Å². The van der Waals surface area contributed by atoms with Gasteiger partial charge in [-0.15, -0.1) is 0 Å². The number of nitrogens with one attached hydrogen (secondary N) is 3. The lowest BCUT2D eigenvalue weighted by Gasteiger charge is -2.08. The molecule has 0 saturated heterocycles. The van der Waals surface area contributed by atoms with Crippen LogP contribution in [0.5, 0.6) is 0 Å². The molecule has 2 heterocycles. The molecular weight excluding hydrogens is 379 g/mol. The number of fused-ring (bicyclic) bond motifs is 1. The maximum Gasteiger partial charge on any atom is 0.165 e. The van der Waals surface area contributed by atoms with E-state index in [9.17, 15) is 4.39 Å². The van der Waals surface area contributed by atoms with Crippen molar-refractivity contribution in [3.05, 3.63) is 48.0 Å². The Labute approximate surface area is 178 Å². The van der Waals surface area contributed by atoms with Crippen molar-refractivity contribution in [3.8, 4) is 11.1 Å². The number of hydrogen-bond acceptors (Lipinski definition) is 5. The van der Waals surface area contributed by atoms with Crippen LogP contribution >= 0.6 is 0 Å². The zero-order valence-corrected chi connectivity index (χ0v) is 18.0. The summed E-state index contributed by atoms with van der Waals surface area (Å²) in [4.78, 5) is 4.68. The number of aryl methyl sites for hydroxylation is 1. The van der Waals surface area contributed by atoms with Crippen LogP contribution in [0.15, 0.2) is 36.7 Å². The maximum atomic E-state index is 14.7. The van der Waals surface area contributed by atoms with Crippen molar-refractivity contribution in [2.45, 2.75) is 39.5 Å². The monoisotopic (exact) mass is 412 g/mol. The van der Waals surface area contributed by atoms with Gasteiger partial charge in [-0.2, -0.15) is 5.10 Å². The van der Waals surface area contributed by atoms with E-state index in [-0.39, 0.29) is 5.82 Å². The lowest BCUT2D eigenvalue weighted by molar-refractivity contribution is 0.627. The van der Waals surface area contributed by atoms with Gasteiger partial charge in [0.15, 0.2) is 5.65 Å². The Morgan fingerprint density at radius 3 is 2.70 bits per heavy atom. The van der Waals surface area contributed by atoms with Crippen LogP contribution in [0.1, 0.15) is 38.7 Å². The van der Waals surface area contributed by atoms with Crippen molar-refractivity contribution in [1.29, 1.82) is 0 Å². The molecule has 3 rings (SSSR count). The molecule has 0 aliphatic carbocycles. The normalized spacial score (nSPS) is 11.3. The first-order chi connectivity index (χ1) is 14.7. The highest BCUT2D eigenvalue weighted by molar-refractivity contribution is 5.78. The minimum Gasteiger partial charge on any atom is -0.369 e. The zero-order valence-electron chi connectivity index (χ0n) is 18.0.